The molecule has 0 unspecified atom stereocenters. The quantitative estimate of drug-likeness (QED) is 0.574. The second-order valence-corrected chi connectivity index (χ2v) is 5.93. The first-order valence-electron chi connectivity index (χ1n) is 8.86. The smallest absolute Gasteiger partial charge is 0.319 e. The maximum absolute atomic E-state index is 12.4. The number of nitrogens with one attached hydrogen (secondary N) is 2. The summed E-state index contributed by atoms with van der Waals surface area (Å²) in [5, 5.41) is 17.0. The van der Waals surface area contributed by atoms with Crippen LogP contribution in [0.2, 0.25) is 0 Å². The van der Waals surface area contributed by atoms with E-state index in [4.69, 9.17) is 18.9 Å². The summed E-state index contributed by atoms with van der Waals surface area (Å²) in [7, 11) is 6.10. The monoisotopic (exact) mass is 414 g/mol. The number of anilines is 1. The molecule has 0 atom stereocenters. The van der Waals surface area contributed by atoms with Gasteiger partial charge in [0.15, 0.2) is 17.3 Å². The second kappa shape index (κ2) is 9.45. The van der Waals surface area contributed by atoms with Crippen molar-refractivity contribution in [3.8, 4) is 28.7 Å². The summed E-state index contributed by atoms with van der Waals surface area (Å²) in [5.74, 6) is 2.47. The first kappa shape index (κ1) is 20.7. The molecule has 0 aliphatic rings. The van der Waals surface area contributed by atoms with E-state index in [0.29, 0.717) is 28.8 Å². The fourth-order valence-corrected chi connectivity index (χ4v) is 2.73. The summed E-state index contributed by atoms with van der Waals surface area (Å²) < 4.78 is 22.5. The topological polar surface area (TPSA) is 122 Å². The van der Waals surface area contributed by atoms with E-state index in [9.17, 15) is 4.79 Å². The molecule has 2 amide bonds. The van der Waals surface area contributed by atoms with E-state index >= 15 is 0 Å². The van der Waals surface area contributed by atoms with E-state index in [1.807, 2.05) is 12.1 Å². The molecule has 0 spiro atoms. The Bertz CT molecular complexity index is 980. The number of rotatable bonds is 8. The third kappa shape index (κ3) is 4.51. The Morgan fingerprint density at radius 2 is 1.63 bits per heavy atom. The number of carbonyl (C=O) groups excluding carboxylic acids is 1. The molecule has 3 rings (SSSR count). The van der Waals surface area contributed by atoms with Crippen LogP contribution in [0, 0.1) is 0 Å². The molecule has 0 saturated carbocycles. The highest BCUT2D eigenvalue weighted by Gasteiger charge is 2.15. The molecular weight excluding hydrogens is 392 g/mol. The molecule has 0 fully saturated rings. The van der Waals surface area contributed by atoms with Crippen LogP contribution in [0.1, 0.15) is 5.82 Å². The van der Waals surface area contributed by atoms with Crippen molar-refractivity contribution in [3.63, 3.8) is 0 Å². The third-order valence-electron chi connectivity index (χ3n) is 4.18. The lowest BCUT2D eigenvalue weighted by atomic mass is 10.2. The van der Waals surface area contributed by atoms with Gasteiger partial charge in [0.1, 0.15) is 5.75 Å². The Labute approximate surface area is 172 Å². The zero-order valence-corrected chi connectivity index (χ0v) is 17.0. The molecule has 0 aliphatic heterocycles. The molecule has 2 aromatic carbocycles. The number of nitrogens with zero attached hydrogens (tertiary/aromatic N) is 4. The minimum absolute atomic E-state index is 0.106. The highest BCUT2D eigenvalue weighted by molar-refractivity contribution is 5.90. The molecule has 11 nitrogen and oxygen atoms in total. The number of ether oxygens (including phenoxy) is 4. The number of benzene rings is 2. The van der Waals surface area contributed by atoms with Gasteiger partial charge in [-0.3, -0.25) is 0 Å². The van der Waals surface area contributed by atoms with Crippen molar-refractivity contribution in [2.45, 2.75) is 6.54 Å². The van der Waals surface area contributed by atoms with Crippen molar-refractivity contribution in [1.82, 2.24) is 25.5 Å². The van der Waals surface area contributed by atoms with Crippen LogP contribution in [0.15, 0.2) is 36.4 Å². The van der Waals surface area contributed by atoms with Gasteiger partial charge in [-0.05, 0) is 34.7 Å². The van der Waals surface area contributed by atoms with Gasteiger partial charge in [-0.25, -0.2) is 4.79 Å². The Kier molecular flexibility index (Phi) is 6.53. The number of aromatic nitrogens is 4. The third-order valence-corrected chi connectivity index (χ3v) is 4.18. The van der Waals surface area contributed by atoms with E-state index in [1.54, 1.807) is 31.4 Å². The van der Waals surface area contributed by atoms with Crippen LogP contribution in [0.25, 0.3) is 5.69 Å². The lowest BCUT2D eigenvalue weighted by molar-refractivity contribution is 0.251. The minimum Gasteiger partial charge on any atom is -0.497 e. The molecule has 11 heteroatoms. The predicted octanol–water partition coefficient (Wildman–Crippen LogP) is 2.02. The lowest BCUT2D eigenvalue weighted by Gasteiger charge is -2.15. The summed E-state index contributed by atoms with van der Waals surface area (Å²) in [6.45, 7) is 0.106. The van der Waals surface area contributed by atoms with Crippen molar-refractivity contribution >= 4 is 11.7 Å². The minimum atomic E-state index is -0.450. The van der Waals surface area contributed by atoms with Gasteiger partial charge >= 0.3 is 6.03 Å². The zero-order chi connectivity index (χ0) is 21.5. The summed E-state index contributed by atoms with van der Waals surface area (Å²) in [4.78, 5) is 12.4. The largest absolute Gasteiger partial charge is 0.497 e. The molecule has 0 aliphatic carbocycles. The predicted molar refractivity (Wildman–Crippen MR) is 108 cm³/mol. The van der Waals surface area contributed by atoms with Crippen LogP contribution >= 0.6 is 0 Å². The lowest BCUT2D eigenvalue weighted by Crippen LogP contribution is -2.29. The van der Waals surface area contributed by atoms with E-state index < -0.39 is 6.03 Å². The van der Waals surface area contributed by atoms with E-state index in [1.165, 1.54) is 26.0 Å². The van der Waals surface area contributed by atoms with Crippen molar-refractivity contribution in [2.24, 2.45) is 0 Å². The highest BCUT2D eigenvalue weighted by Crippen LogP contribution is 2.39. The van der Waals surface area contributed by atoms with E-state index in [2.05, 4.69) is 26.2 Å². The van der Waals surface area contributed by atoms with Crippen molar-refractivity contribution in [3.05, 3.63) is 42.2 Å². The van der Waals surface area contributed by atoms with Gasteiger partial charge in [-0.1, -0.05) is 0 Å². The van der Waals surface area contributed by atoms with Crippen LogP contribution < -0.4 is 29.6 Å². The van der Waals surface area contributed by atoms with E-state index in [-0.39, 0.29) is 6.54 Å². The number of carbonyl (C=O) groups is 1. The van der Waals surface area contributed by atoms with Crippen molar-refractivity contribution in [1.29, 1.82) is 0 Å². The average molecular weight is 414 g/mol. The standard InChI is InChI=1S/C19H22N6O5/c1-27-14-7-5-13(6-8-14)25-17(22-23-24-25)11-20-19(26)21-12-9-15(28-2)18(30-4)16(10-12)29-3/h5-10H,11H2,1-4H3,(H2,20,21,26). The number of hydrogen-bond donors (Lipinski definition) is 2. The van der Waals surface area contributed by atoms with Crippen LogP contribution in [0.5, 0.6) is 23.0 Å². The number of amides is 2. The molecule has 1 heterocycles. The van der Waals surface area contributed by atoms with Gasteiger partial charge < -0.3 is 29.6 Å². The molecule has 3 aromatic rings. The van der Waals surface area contributed by atoms with Crippen LogP contribution in [0.4, 0.5) is 10.5 Å². The fraction of sp³-hybridized carbons (Fsp3) is 0.263. The molecule has 1 aromatic heterocycles. The van der Waals surface area contributed by atoms with Crippen LogP contribution in [-0.4, -0.2) is 54.7 Å². The summed E-state index contributed by atoms with van der Waals surface area (Å²) >= 11 is 0. The first-order valence-corrected chi connectivity index (χ1v) is 8.86. The molecule has 0 saturated heterocycles. The molecule has 0 bridgehead atoms. The average Bonchev–Trinajstić information content (AvgIpc) is 3.25. The number of urea groups is 1. The second-order valence-electron chi connectivity index (χ2n) is 5.93. The maximum Gasteiger partial charge on any atom is 0.319 e. The number of methoxy groups -OCH3 is 4. The Morgan fingerprint density at radius 3 is 2.20 bits per heavy atom. The summed E-state index contributed by atoms with van der Waals surface area (Å²) in [5.41, 5.74) is 1.21. The zero-order valence-electron chi connectivity index (χ0n) is 17.0. The van der Waals surface area contributed by atoms with Gasteiger partial charge in [0, 0.05) is 12.1 Å². The molecular formula is C19H22N6O5. The van der Waals surface area contributed by atoms with Crippen LogP contribution in [-0.2, 0) is 6.54 Å². The Balaban J connectivity index is 1.68. The maximum atomic E-state index is 12.4. The first-order chi connectivity index (χ1) is 14.6. The van der Waals surface area contributed by atoms with E-state index in [0.717, 1.165) is 11.4 Å². The van der Waals surface area contributed by atoms with Gasteiger partial charge in [0.05, 0.1) is 46.4 Å². The number of tetrazole rings is 1. The van der Waals surface area contributed by atoms with Gasteiger partial charge in [0.25, 0.3) is 0 Å². The van der Waals surface area contributed by atoms with Gasteiger partial charge in [-0.2, -0.15) is 4.68 Å². The summed E-state index contributed by atoms with van der Waals surface area (Å²) in [6.07, 6.45) is 0. The van der Waals surface area contributed by atoms with Crippen LogP contribution in [0.3, 0.4) is 0 Å². The fourth-order valence-electron chi connectivity index (χ4n) is 2.73. The van der Waals surface area contributed by atoms with Crippen molar-refractivity contribution in [2.75, 3.05) is 33.8 Å². The molecule has 30 heavy (non-hydrogen) atoms. The molecule has 0 radical (unpaired) electrons. The Morgan fingerprint density at radius 1 is 0.967 bits per heavy atom. The molecule has 2 N–H and O–H groups in total. The van der Waals surface area contributed by atoms with Gasteiger partial charge in [-0.15, -0.1) is 5.10 Å². The highest BCUT2D eigenvalue weighted by atomic mass is 16.5. The normalized spacial score (nSPS) is 10.3. The molecule has 158 valence electrons. The van der Waals surface area contributed by atoms with Crippen molar-refractivity contribution < 1.29 is 23.7 Å². The SMILES string of the molecule is COc1ccc(-n2nnnc2CNC(=O)Nc2cc(OC)c(OC)c(OC)c2)cc1. The van der Waals surface area contributed by atoms with Gasteiger partial charge in [0.2, 0.25) is 5.75 Å². The number of hydrogen-bond acceptors (Lipinski definition) is 8. The Hall–Kier alpha value is -4.02. The summed E-state index contributed by atoms with van der Waals surface area (Å²) in [6, 6.07) is 10.0.